The molecule has 1 aliphatic rings. The minimum absolute atomic E-state index is 0.0526. The second-order valence-corrected chi connectivity index (χ2v) is 6.24. The van der Waals surface area contributed by atoms with Gasteiger partial charge in [0.1, 0.15) is 5.82 Å². The third kappa shape index (κ3) is 2.56. The highest BCUT2D eigenvalue weighted by Gasteiger charge is 2.42. The molecule has 2 atom stereocenters. The van der Waals surface area contributed by atoms with Gasteiger partial charge in [-0.1, -0.05) is 19.1 Å². The van der Waals surface area contributed by atoms with E-state index in [1.54, 1.807) is 12.1 Å². The van der Waals surface area contributed by atoms with Crippen molar-refractivity contribution in [2.24, 2.45) is 11.7 Å². The molecular formula is C14H21FN2S. The van der Waals surface area contributed by atoms with Crippen LogP contribution in [0.1, 0.15) is 12.5 Å². The summed E-state index contributed by atoms with van der Waals surface area (Å²) in [6, 6.07) is 6.82. The van der Waals surface area contributed by atoms with Gasteiger partial charge in [-0.25, -0.2) is 4.39 Å². The van der Waals surface area contributed by atoms with Crippen LogP contribution in [0.4, 0.5) is 4.39 Å². The fourth-order valence-electron chi connectivity index (χ4n) is 2.68. The number of hydrogen-bond acceptors (Lipinski definition) is 3. The smallest absolute Gasteiger partial charge is 0.123 e. The Labute approximate surface area is 113 Å². The van der Waals surface area contributed by atoms with Gasteiger partial charge in [-0.3, -0.25) is 4.90 Å². The molecule has 18 heavy (non-hydrogen) atoms. The van der Waals surface area contributed by atoms with Crippen LogP contribution in [0.5, 0.6) is 0 Å². The van der Waals surface area contributed by atoms with E-state index in [1.165, 1.54) is 6.07 Å². The van der Waals surface area contributed by atoms with Gasteiger partial charge in [-0.15, -0.1) is 0 Å². The molecule has 1 heterocycles. The first-order valence-corrected chi connectivity index (χ1v) is 7.47. The SMILES string of the molecule is CC1CSCC1(CN)N(C)Cc1cccc(F)c1. The van der Waals surface area contributed by atoms with Crippen LogP contribution in [0.25, 0.3) is 0 Å². The molecule has 0 amide bonds. The van der Waals surface area contributed by atoms with Crippen molar-refractivity contribution in [3.63, 3.8) is 0 Å². The minimum Gasteiger partial charge on any atom is -0.329 e. The largest absolute Gasteiger partial charge is 0.329 e. The molecule has 0 radical (unpaired) electrons. The van der Waals surface area contributed by atoms with Gasteiger partial charge in [-0.2, -0.15) is 11.8 Å². The van der Waals surface area contributed by atoms with Crippen LogP contribution in [-0.2, 0) is 6.54 Å². The zero-order valence-electron chi connectivity index (χ0n) is 11.0. The van der Waals surface area contributed by atoms with Gasteiger partial charge < -0.3 is 5.73 Å². The van der Waals surface area contributed by atoms with Gasteiger partial charge in [0.25, 0.3) is 0 Å². The van der Waals surface area contributed by atoms with Crippen LogP contribution in [0.3, 0.4) is 0 Å². The van der Waals surface area contributed by atoms with E-state index in [0.717, 1.165) is 23.6 Å². The maximum absolute atomic E-state index is 13.2. The molecule has 2 N–H and O–H groups in total. The number of nitrogens with zero attached hydrogens (tertiary/aromatic N) is 1. The fraction of sp³-hybridized carbons (Fsp3) is 0.571. The Hall–Kier alpha value is -0.580. The van der Waals surface area contributed by atoms with Gasteiger partial charge in [0.2, 0.25) is 0 Å². The lowest BCUT2D eigenvalue weighted by molar-refractivity contribution is 0.102. The normalized spacial score (nSPS) is 27.9. The summed E-state index contributed by atoms with van der Waals surface area (Å²) in [6.45, 7) is 3.67. The minimum atomic E-state index is -0.170. The number of halogens is 1. The molecule has 0 spiro atoms. The quantitative estimate of drug-likeness (QED) is 0.909. The molecule has 2 nitrogen and oxygen atoms in total. The molecule has 1 aliphatic heterocycles. The molecule has 1 saturated heterocycles. The number of hydrogen-bond donors (Lipinski definition) is 1. The number of thioether (sulfide) groups is 1. The van der Waals surface area contributed by atoms with E-state index in [9.17, 15) is 4.39 Å². The summed E-state index contributed by atoms with van der Waals surface area (Å²) >= 11 is 1.96. The van der Waals surface area contributed by atoms with Crippen LogP contribution in [-0.4, -0.2) is 35.5 Å². The number of benzene rings is 1. The van der Waals surface area contributed by atoms with Crippen molar-refractivity contribution in [3.05, 3.63) is 35.6 Å². The highest BCUT2D eigenvalue weighted by molar-refractivity contribution is 7.99. The average Bonchev–Trinajstić information content (AvgIpc) is 2.71. The molecule has 1 aromatic carbocycles. The van der Waals surface area contributed by atoms with E-state index in [1.807, 2.05) is 17.8 Å². The van der Waals surface area contributed by atoms with Crippen molar-refractivity contribution < 1.29 is 4.39 Å². The van der Waals surface area contributed by atoms with Crippen LogP contribution in [0, 0.1) is 11.7 Å². The van der Waals surface area contributed by atoms with Crippen LogP contribution >= 0.6 is 11.8 Å². The van der Waals surface area contributed by atoms with Crippen molar-refractivity contribution in [1.82, 2.24) is 4.90 Å². The van der Waals surface area contributed by atoms with Crippen molar-refractivity contribution in [3.8, 4) is 0 Å². The van der Waals surface area contributed by atoms with E-state index >= 15 is 0 Å². The van der Waals surface area contributed by atoms with Crippen molar-refractivity contribution in [1.29, 1.82) is 0 Å². The molecule has 1 aromatic rings. The Balaban J connectivity index is 2.13. The lowest BCUT2D eigenvalue weighted by Gasteiger charge is -2.41. The summed E-state index contributed by atoms with van der Waals surface area (Å²) in [5, 5.41) is 0. The zero-order valence-corrected chi connectivity index (χ0v) is 11.8. The topological polar surface area (TPSA) is 29.3 Å². The van der Waals surface area contributed by atoms with Crippen LogP contribution in [0.2, 0.25) is 0 Å². The molecule has 1 fully saturated rings. The number of rotatable bonds is 4. The monoisotopic (exact) mass is 268 g/mol. The fourth-order valence-corrected chi connectivity index (χ4v) is 4.44. The van der Waals surface area contributed by atoms with Crippen molar-refractivity contribution in [2.45, 2.75) is 19.0 Å². The molecule has 100 valence electrons. The molecule has 4 heteroatoms. The summed E-state index contributed by atoms with van der Waals surface area (Å²) in [5.74, 6) is 2.63. The lowest BCUT2D eigenvalue weighted by atomic mass is 9.86. The van der Waals surface area contributed by atoms with Crippen molar-refractivity contribution in [2.75, 3.05) is 25.1 Å². The molecule has 2 rings (SSSR count). The maximum Gasteiger partial charge on any atom is 0.123 e. The number of likely N-dealkylation sites (N-methyl/N-ethyl adjacent to an activating group) is 1. The summed E-state index contributed by atoms with van der Waals surface area (Å²) in [5.41, 5.74) is 7.08. The highest BCUT2D eigenvalue weighted by atomic mass is 32.2. The Morgan fingerprint density at radius 1 is 1.56 bits per heavy atom. The Kier molecular flexibility index (Phi) is 4.30. The predicted octanol–water partition coefficient (Wildman–Crippen LogP) is 2.34. The molecule has 0 saturated carbocycles. The molecule has 0 bridgehead atoms. The highest BCUT2D eigenvalue weighted by Crippen LogP contribution is 2.37. The Morgan fingerprint density at radius 3 is 2.89 bits per heavy atom. The summed E-state index contributed by atoms with van der Waals surface area (Å²) in [4.78, 5) is 2.30. The van der Waals surface area contributed by atoms with Crippen molar-refractivity contribution >= 4 is 11.8 Å². The first-order valence-electron chi connectivity index (χ1n) is 6.32. The second-order valence-electron chi connectivity index (χ2n) is 5.21. The van der Waals surface area contributed by atoms with E-state index < -0.39 is 0 Å². The summed E-state index contributed by atoms with van der Waals surface area (Å²) in [7, 11) is 2.10. The van der Waals surface area contributed by atoms with Gasteiger partial charge in [0.05, 0.1) is 0 Å². The zero-order chi connectivity index (χ0) is 13.2. The van der Waals surface area contributed by atoms with E-state index in [0.29, 0.717) is 12.5 Å². The van der Waals surface area contributed by atoms with Crippen LogP contribution < -0.4 is 5.73 Å². The molecule has 0 aliphatic carbocycles. The third-order valence-corrected chi connectivity index (χ3v) is 5.50. The van der Waals surface area contributed by atoms with Gasteiger partial charge in [-0.05, 0) is 36.4 Å². The van der Waals surface area contributed by atoms with E-state index in [4.69, 9.17) is 5.73 Å². The lowest BCUT2D eigenvalue weighted by Crippen LogP contribution is -2.56. The molecular weight excluding hydrogens is 247 g/mol. The van der Waals surface area contributed by atoms with Gasteiger partial charge in [0.15, 0.2) is 0 Å². The molecule has 0 aromatic heterocycles. The Morgan fingerprint density at radius 2 is 2.33 bits per heavy atom. The summed E-state index contributed by atoms with van der Waals surface area (Å²) in [6.07, 6.45) is 0. The molecule has 2 unspecified atom stereocenters. The first-order chi connectivity index (χ1) is 8.58. The third-order valence-electron chi connectivity index (χ3n) is 4.06. The number of nitrogens with two attached hydrogens (primary N) is 1. The standard InChI is InChI=1S/C14H21FN2S/c1-11-8-18-10-14(11,9-16)17(2)7-12-4-3-5-13(15)6-12/h3-6,11H,7-10,16H2,1-2H3. The van der Waals surface area contributed by atoms with Crippen LogP contribution in [0.15, 0.2) is 24.3 Å². The van der Waals surface area contributed by atoms with E-state index in [2.05, 4.69) is 18.9 Å². The Bertz CT molecular complexity index is 413. The van der Waals surface area contributed by atoms with Gasteiger partial charge in [0, 0.05) is 24.4 Å². The predicted molar refractivity (Wildman–Crippen MR) is 76.1 cm³/mol. The summed E-state index contributed by atoms with van der Waals surface area (Å²) < 4.78 is 13.2. The maximum atomic E-state index is 13.2. The second kappa shape index (κ2) is 5.59. The van der Waals surface area contributed by atoms with Gasteiger partial charge >= 0.3 is 0 Å². The van der Waals surface area contributed by atoms with E-state index in [-0.39, 0.29) is 11.4 Å². The first kappa shape index (κ1) is 13.8. The average molecular weight is 268 g/mol.